The Balaban J connectivity index is 1.73. The molecule has 0 aliphatic carbocycles. The van der Waals surface area contributed by atoms with E-state index in [-0.39, 0.29) is 12.5 Å². The van der Waals surface area contributed by atoms with Gasteiger partial charge in [0.2, 0.25) is 5.91 Å². The highest BCUT2D eigenvalue weighted by atomic mass is 79.9. The monoisotopic (exact) mass is 556 g/mol. The molecular weight excluding hydrogens is 536 g/mol. The predicted octanol–water partition coefficient (Wildman–Crippen LogP) is 5.22. The number of hydrogen-bond acceptors (Lipinski definition) is 5. The van der Waals surface area contributed by atoms with Crippen molar-refractivity contribution in [3.05, 3.63) is 44.2 Å². The van der Waals surface area contributed by atoms with Gasteiger partial charge in [-0.05, 0) is 80.2 Å². The summed E-state index contributed by atoms with van der Waals surface area (Å²) in [5.41, 5.74) is 0.726. The van der Waals surface area contributed by atoms with Gasteiger partial charge >= 0.3 is 0 Å². The van der Waals surface area contributed by atoms with Gasteiger partial charge in [-0.1, -0.05) is 25.5 Å². The number of benzene rings is 1. The third-order valence-electron chi connectivity index (χ3n) is 4.79. The van der Waals surface area contributed by atoms with Crippen LogP contribution in [0.4, 0.5) is 4.79 Å². The zero-order chi connectivity index (χ0) is 21.7. The molecule has 0 unspecified atom stereocenters. The molecule has 0 N–H and O–H groups in total. The van der Waals surface area contributed by atoms with Gasteiger partial charge in [0.25, 0.3) is 11.1 Å². The summed E-state index contributed by atoms with van der Waals surface area (Å²) in [6.45, 7) is 5.16. The number of carbonyl (C=O) groups excluding carboxylic acids is 3. The number of halogens is 2. The summed E-state index contributed by atoms with van der Waals surface area (Å²) in [5.74, 6) is 0.0188. The first-order valence-corrected chi connectivity index (χ1v) is 12.1. The van der Waals surface area contributed by atoms with Crippen molar-refractivity contribution in [2.75, 3.05) is 26.2 Å². The van der Waals surface area contributed by atoms with Crippen molar-refractivity contribution in [2.24, 2.45) is 0 Å². The van der Waals surface area contributed by atoms with Crippen LogP contribution in [0.15, 0.2) is 38.6 Å². The Bertz CT molecular complexity index is 872. The Morgan fingerprint density at radius 2 is 1.77 bits per heavy atom. The summed E-state index contributed by atoms with van der Waals surface area (Å²) in [4.78, 5) is 40.8. The molecule has 2 aliphatic rings. The van der Waals surface area contributed by atoms with Crippen LogP contribution in [0.25, 0.3) is 6.08 Å². The Labute approximate surface area is 196 Å². The molecule has 0 saturated carbocycles. The average molecular weight is 558 g/mol. The fourth-order valence-electron chi connectivity index (χ4n) is 3.29. The molecule has 0 radical (unpaired) electrons. The van der Waals surface area contributed by atoms with Gasteiger partial charge in [-0.25, -0.2) is 0 Å². The topological polar surface area (TPSA) is 66.9 Å². The molecule has 2 heterocycles. The quantitative estimate of drug-likeness (QED) is 0.354. The second-order valence-electron chi connectivity index (χ2n) is 6.98. The van der Waals surface area contributed by atoms with Crippen molar-refractivity contribution in [3.63, 3.8) is 0 Å². The Hall–Kier alpha value is -1.58. The standard InChI is InChI=1S/C21H22Br2N2O4S/c1-2-9-29-19-15(22)10-14(11-16(19)23)12-17-20(27)25(21(28)30-17)13-18(26)24-7-5-3-4-6-8-24/h2,10-12H,1,3-9,13H2. The summed E-state index contributed by atoms with van der Waals surface area (Å²) >= 11 is 7.78. The number of imide groups is 1. The van der Waals surface area contributed by atoms with Crippen molar-refractivity contribution >= 4 is 66.8 Å². The summed E-state index contributed by atoms with van der Waals surface area (Å²) in [6, 6.07) is 3.61. The third kappa shape index (κ3) is 5.56. The maximum atomic E-state index is 12.8. The van der Waals surface area contributed by atoms with Gasteiger partial charge in [0, 0.05) is 13.1 Å². The molecule has 160 valence electrons. The summed E-state index contributed by atoms with van der Waals surface area (Å²) in [6.07, 6.45) is 7.44. The second-order valence-corrected chi connectivity index (χ2v) is 9.68. The van der Waals surface area contributed by atoms with Crippen LogP contribution in [-0.4, -0.2) is 53.1 Å². The van der Waals surface area contributed by atoms with E-state index < -0.39 is 11.1 Å². The molecule has 2 fully saturated rings. The maximum Gasteiger partial charge on any atom is 0.294 e. The molecule has 30 heavy (non-hydrogen) atoms. The van der Waals surface area contributed by atoms with E-state index in [4.69, 9.17) is 4.74 Å². The molecule has 3 rings (SSSR count). The van der Waals surface area contributed by atoms with Crippen LogP contribution in [0.3, 0.4) is 0 Å². The van der Waals surface area contributed by atoms with E-state index in [2.05, 4.69) is 38.4 Å². The van der Waals surface area contributed by atoms with Gasteiger partial charge in [-0.3, -0.25) is 19.3 Å². The Morgan fingerprint density at radius 1 is 1.13 bits per heavy atom. The van der Waals surface area contributed by atoms with Crippen molar-refractivity contribution in [1.29, 1.82) is 0 Å². The lowest BCUT2D eigenvalue weighted by molar-refractivity contribution is -0.135. The van der Waals surface area contributed by atoms with Gasteiger partial charge in [-0.15, -0.1) is 0 Å². The first-order chi connectivity index (χ1) is 14.4. The number of amides is 3. The van der Waals surface area contributed by atoms with Crippen LogP contribution in [-0.2, 0) is 9.59 Å². The van der Waals surface area contributed by atoms with E-state index in [0.29, 0.717) is 39.3 Å². The number of carbonyl (C=O) groups is 3. The van der Waals surface area contributed by atoms with Crippen LogP contribution >= 0.6 is 43.6 Å². The molecule has 0 aromatic heterocycles. The minimum Gasteiger partial charge on any atom is -0.487 e. The molecule has 2 aliphatic heterocycles. The predicted molar refractivity (Wildman–Crippen MR) is 125 cm³/mol. The van der Waals surface area contributed by atoms with Crippen molar-refractivity contribution in [1.82, 2.24) is 9.80 Å². The molecule has 1 aromatic rings. The normalized spacial score (nSPS) is 18.7. The second kappa shape index (κ2) is 10.6. The fraction of sp³-hybridized carbons (Fsp3) is 0.381. The van der Waals surface area contributed by atoms with E-state index in [9.17, 15) is 14.4 Å². The van der Waals surface area contributed by atoms with Gasteiger partial charge in [0.15, 0.2) is 0 Å². The smallest absolute Gasteiger partial charge is 0.294 e. The lowest BCUT2D eigenvalue weighted by Gasteiger charge is -2.22. The van der Waals surface area contributed by atoms with Gasteiger partial charge < -0.3 is 9.64 Å². The molecule has 6 nitrogen and oxygen atoms in total. The Morgan fingerprint density at radius 3 is 2.37 bits per heavy atom. The van der Waals surface area contributed by atoms with E-state index in [1.165, 1.54) is 0 Å². The minimum absolute atomic E-state index is 0.172. The lowest BCUT2D eigenvalue weighted by Crippen LogP contribution is -2.42. The SMILES string of the molecule is C=CCOc1c(Br)cc(C=C2SC(=O)N(CC(=O)N3CCCCCC3)C2=O)cc1Br. The summed E-state index contributed by atoms with van der Waals surface area (Å²) in [7, 11) is 0. The number of nitrogens with zero attached hydrogens (tertiary/aromatic N) is 2. The van der Waals surface area contributed by atoms with Gasteiger partial charge in [-0.2, -0.15) is 0 Å². The highest BCUT2D eigenvalue weighted by Gasteiger charge is 2.37. The van der Waals surface area contributed by atoms with E-state index >= 15 is 0 Å². The van der Waals surface area contributed by atoms with Crippen molar-refractivity contribution in [3.8, 4) is 5.75 Å². The highest BCUT2D eigenvalue weighted by Crippen LogP contribution is 2.37. The van der Waals surface area contributed by atoms with Gasteiger partial charge in [0.05, 0.1) is 13.9 Å². The molecule has 9 heteroatoms. The first-order valence-electron chi connectivity index (χ1n) is 9.66. The number of thioether (sulfide) groups is 1. The van der Waals surface area contributed by atoms with E-state index in [1.807, 2.05) is 0 Å². The van der Waals surface area contributed by atoms with Crippen LogP contribution in [0, 0.1) is 0 Å². The number of hydrogen-bond donors (Lipinski definition) is 0. The lowest BCUT2D eigenvalue weighted by atomic mass is 10.2. The van der Waals surface area contributed by atoms with Crippen LogP contribution in [0.1, 0.15) is 31.2 Å². The van der Waals surface area contributed by atoms with E-state index in [0.717, 1.165) is 47.9 Å². The van der Waals surface area contributed by atoms with Crippen molar-refractivity contribution in [2.45, 2.75) is 25.7 Å². The summed E-state index contributed by atoms with van der Waals surface area (Å²) in [5, 5.41) is -0.418. The number of rotatable bonds is 6. The highest BCUT2D eigenvalue weighted by molar-refractivity contribution is 9.11. The number of ether oxygens (including phenoxy) is 1. The van der Waals surface area contributed by atoms with Crippen LogP contribution in [0.5, 0.6) is 5.75 Å². The summed E-state index contributed by atoms with van der Waals surface area (Å²) < 4.78 is 7.02. The molecular formula is C21H22Br2N2O4S. The number of likely N-dealkylation sites (tertiary alicyclic amines) is 1. The molecule has 3 amide bonds. The fourth-order valence-corrected chi connectivity index (χ4v) is 5.58. The van der Waals surface area contributed by atoms with Crippen LogP contribution in [0.2, 0.25) is 0 Å². The van der Waals surface area contributed by atoms with Gasteiger partial charge in [0.1, 0.15) is 18.9 Å². The zero-order valence-corrected chi connectivity index (χ0v) is 20.4. The molecule has 0 spiro atoms. The first kappa shape index (κ1) is 23.1. The van der Waals surface area contributed by atoms with E-state index in [1.54, 1.807) is 29.2 Å². The molecule has 1 aromatic carbocycles. The minimum atomic E-state index is -0.438. The third-order valence-corrected chi connectivity index (χ3v) is 6.88. The molecule has 2 saturated heterocycles. The maximum absolute atomic E-state index is 12.8. The largest absolute Gasteiger partial charge is 0.487 e. The molecule has 0 bridgehead atoms. The Kier molecular flexibility index (Phi) is 8.19. The van der Waals surface area contributed by atoms with Crippen molar-refractivity contribution < 1.29 is 19.1 Å². The van der Waals surface area contributed by atoms with Crippen LogP contribution < -0.4 is 4.74 Å². The zero-order valence-electron chi connectivity index (χ0n) is 16.4. The average Bonchev–Trinajstić information content (AvgIpc) is 2.90. The molecule has 0 atom stereocenters.